The lowest BCUT2D eigenvalue weighted by molar-refractivity contribution is 0.399. The van der Waals surface area contributed by atoms with Crippen LogP contribution in [0.5, 0.6) is 0 Å². The lowest BCUT2D eigenvalue weighted by Crippen LogP contribution is -2.35. The van der Waals surface area contributed by atoms with E-state index in [0.717, 1.165) is 11.9 Å². The van der Waals surface area contributed by atoms with Crippen LogP contribution in [0.15, 0.2) is 24.4 Å². The van der Waals surface area contributed by atoms with Crippen molar-refractivity contribution >= 4 is 10.9 Å². The van der Waals surface area contributed by atoms with E-state index >= 15 is 0 Å². The van der Waals surface area contributed by atoms with Crippen molar-refractivity contribution in [3.05, 3.63) is 30.0 Å². The highest BCUT2D eigenvalue weighted by molar-refractivity contribution is 5.78. The number of hydrogen-bond donors (Lipinski definition) is 2. The van der Waals surface area contributed by atoms with Crippen molar-refractivity contribution in [3.8, 4) is 0 Å². The Morgan fingerprint density at radius 3 is 3.19 bits per heavy atom. The Labute approximate surface area is 95.2 Å². The fourth-order valence-electron chi connectivity index (χ4n) is 2.49. The lowest BCUT2D eigenvalue weighted by Gasteiger charge is -2.23. The van der Waals surface area contributed by atoms with Crippen molar-refractivity contribution in [3.63, 3.8) is 0 Å². The van der Waals surface area contributed by atoms with Crippen LogP contribution in [0.3, 0.4) is 0 Å². The van der Waals surface area contributed by atoms with Crippen LogP contribution in [0.1, 0.15) is 24.8 Å². The molecule has 1 atom stereocenters. The average Bonchev–Trinajstić information content (AvgIpc) is 2.77. The molecule has 2 heterocycles. The third-order valence-electron chi connectivity index (χ3n) is 3.40. The minimum Gasteiger partial charge on any atom is -0.314 e. The molecule has 0 saturated carbocycles. The van der Waals surface area contributed by atoms with Gasteiger partial charge in [-0.3, -0.25) is 5.10 Å². The SMILES string of the molecule is c1cc2cn[nH]c2cc1CC1CCCCN1. The number of fused-ring (bicyclic) bond motifs is 1. The van der Waals surface area contributed by atoms with Gasteiger partial charge >= 0.3 is 0 Å². The topological polar surface area (TPSA) is 40.7 Å². The van der Waals surface area contributed by atoms with Gasteiger partial charge in [0, 0.05) is 11.4 Å². The van der Waals surface area contributed by atoms with Gasteiger partial charge in [0.1, 0.15) is 0 Å². The Bertz CT molecular complexity index is 469. The molecular formula is C13H17N3. The normalized spacial score (nSPS) is 21.4. The van der Waals surface area contributed by atoms with Crippen LogP contribution in [-0.2, 0) is 6.42 Å². The van der Waals surface area contributed by atoms with Gasteiger partial charge in [-0.2, -0.15) is 5.10 Å². The fraction of sp³-hybridized carbons (Fsp3) is 0.462. The molecule has 84 valence electrons. The van der Waals surface area contributed by atoms with Gasteiger partial charge in [-0.15, -0.1) is 0 Å². The number of H-pyrrole nitrogens is 1. The summed E-state index contributed by atoms with van der Waals surface area (Å²) in [5, 5.41) is 11.9. The highest BCUT2D eigenvalue weighted by atomic mass is 15.1. The van der Waals surface area contributed by atoms with Crippen LogP contribution in [0.25, 0.3) is 10.9 Å². The number of hydrogen-bond acceptors (Lipinski definition) is 2. The Kier molecular flexibility index (Phi) is 2.62. The number of nitrogens with zero attached hydrogens (tertiary/aromatic N) is 1. The first-order chi connectivity index (χ1) is 7.92. The summed E-state index contributed by atoms with van der Waals surface area (Å²) in [5.41, 5.74) is 2.55. The van der Waals surface area contributed by atoms with Crippen molar-refractivity contribution in [2.45, 2.75) is 31.7 Å². The Hall–Kier alpha value is -1.35. The van der Waals surface area contributed by atoms with Gasteiger partial charge in [-0.1, -0.05) is 18.6 Å². The number of rotatable bonds is 2. The minimum absolute atomic E-state index is 0.661. The van der Waals surface area contributed by atoms with Crippen molar-refractivity contribution in [2.75, 3.05) is 6.54 Å². The van der Waals surface area contributed by atoms with E-state index in [4.69, 9.17) is 0 Å². The maximum Gasteiger partial charge on any atom is 0.0653 e. The first kappa shape index (κ1) is 9.85. The van der Waals surface area contributed by atoms with Crippen molar-refractivity contribution in [1.29, 1.82) is 0 Å². The molecule has 1 aliphatic heterocycles. The molecule has 1 fully saturated rings. The van der Waals surface area contributed by atoms with Gasteiger partial charge in [0.15, 0.2) is 0 Å². The molecule has 1 saturated heterocycles. The summed E-state index contributed by atoms with van der Waals surface area (Å²) in [5.74, 6) is 0. The zero-order chi connectivity index (χ0) is 10.8. The van der Waals surface area contributed by atoms with E-state index in [0.29, 0.717) is 6.04 Å². The quantitative estimate of drug-likeness (QED) is 0.806. The molecule has 1 aromatic heterocycles. The molecule has 1 unspecified atom stereocenters. The predicted octanol–water partition coefficient (Wildman–Crippen LogP) is 2.25. The zero-order valence-corrected chi connectivity index (χ0v) is 9.37. The molecule has 16 heavy (non-hydrogen) atoms. The van der Waals surface area contributed by atoms with E-state index in [9.17, 15) is 0 Å². The van der Waals surface area contributed by atoms with Gasteiger partial charge in [0.2, 0.25) is 0 Å². The van der Waals surface area contributed by atoms with Gasteiger partial charge < -0.3 is 5.32 Å². The third-order valence-corrected chi connectivity index (χ3v) is 3.40. The lowest BCUT2D eigenvalue weighted by atomic mass is 9.97. The molecule has 3 nitrogen and oxygen atoms in total. The van der Waals surface area contributed by atoms with E-state index < -0.39 is 0 Å². The fourth-order valence-corrected chi connectivity index (χ4v) is 2.49. The second-order valence-electron chi connectivity index (χ2n) is 4.64. The molecular weight excluding hydrogens is 198 g/mol. The summed E-state index contributed by atoms with van der Waals surface area (Å²) in [7, 11) is 0. The summed E-state index contributed by atoms with van der Waals surface area (Å²) in [6.45, 7) is 1.18. The molecule has 0 aliphatic carbocycles. The van der Waals surface area contributed by atoms with E-state index in [-0.39, 0.29) is 0 Å². The summed E-state index contributed by atoms with van der Waals surface area (Å²) < 4.78 is 0. The first-order valence-electron chi connectivity index (χ1n) is 6.07. The number of nitrogens with one attached hydrogen (secondary N) is 2. The number of aromatic nitrogens is 2. The molecule has 0 radical (unpaired) electrons. The molecule has 3 heteroatoms. The first-order valence-corrected chi connectivity index (χ1v) is 6.07. The van der Waals surface area contributed by atoms with Crippen LogP contribution in [0, 0.1) is 0 Å². The molecule has 3 rings (SSSR count). The van der Waals surface area contributed by atoms with E-state index in [1.54, 1.807) is 0 Å². The van der Waals surface area contributed by atoms with Crippen LogP contribution < -0.4 is 5.32 Å². The molecule has 2 aromatic rings. The summed E-state index contributed by atoms with van der Waals surface area (Å²) in [6.07, 6.45) is 7.01. The molecule has 0 bridgehead atoms. The Morgan fingerprint density at radius 2 is 2.31 bits per heavy atom. The zero-order valence-electron chi connectivity index (χ0n) is 9.37. The van der Waals surface area contributed by atoms with Crippen molar-refractivity contribution < 1.29 is 0 Å². The van der Waals surface area contributed by atoms with E-state index in [2.05, 4.69) is 33.7 Å². The van der Waals surface area contributed by atoms with E-state index in [1.165, 1.54) is 36.8 Å². The maximum atomic E-state index is 4.05. The monoisotopic (exact) mass is 215 g/mol. The molecule has 2 N–H and O–H groups in total. The Balaban J connectivity index is 1.77. The highest BCUT2D eigenvalue weighted by Crippen LogP contribution is 2.17. The number of benzene rings is 1. The van der Waals surface area contributed by atoms with Gasteiger partial charge in [0.25, 0.3) is 0 Å². The largest absolute Gasteiger partial charge is 0.314 e. The average molecular weight is 215 g/mol. The van der Waals surface area contributed by atoms with Gasteiger partial charge in [0.05, 0.1) is 11.7 Å². The highest BCUT2D eigenvalue weighted by Gasteiger charge is 2.13. The second-order valence-corrected chi connectivity index (χ2v) is 4.64. The summed E-state index contributed by atoms with van der Waals surface area (Å²) in [4.78, 5) is 0. The smallest absolute Gasteiger partial charge is 0.0653 e. The van der Waals surface area contributed by atoms with Gasteiger partial charge in [-0.05, 0) is 37.4 Å². The summed E-state index contributed by atoms with van der Waals surface area (Å²) >= 11 is 0. The molecule has 1 aromatic carbocycles. The van der Waals surface area contributed by atoms with Crippen LogP contribution in [-0.4, -0.2) is 22.8 Å². The van der Waals surface area contributed by atoms with Crippen molar-refractivity contribution in [1.82, 2.24) is 15.5 Å². The van der Waals surface area contributed by atoms with E-state index in [1.807, 2.05) is 6.20 Å². The molecule has 1 aliphatic rings. The van der Waals surface area contributed by atoms with Crippen LogP contribution in [0.2, 0.25) is 0 Å². The third kappa shape index (κ3) is 1.95. The molecule has 0 spiro atoms. The standard InChI is InChI=1S/C13H17N3/c1-2-6-14-12(3-1)7-10-4-5-11-9-15-16-13(11)8-10/h4-5,8-9,12,14H,1-3,6-7H2,(H,15,16). The maximum absolute atomic E-state index is 4.05. The summed E-state index contributed by atoms with van der Waals surface area (Å²) in [6, 6.07) is 7.25. The predicted molar refractivity (Wildman–Crippen MR) is 65.4 cm³/mol. The second kappa shape index (κ2) is 4.26. The van der Waals surface area contributed by atoms with Crippen LogP contribution in [0.4, 0.5) is 0 Å². The van der Waals surface area contributed by atoms with Gasteiger partial charge in [-0.25, -0.2) is 0 Å². The molecule has 0 amide bonds. The number of aromatic amines is 1. The minimum atomic E-state index is 0.661. The van der Waals surface area contributed by atoms with Crippen molar-refractivity contribution in [2.24, 2.45) is 0 Å². The Morgan fingerprint density at radius 1 is 1.31 bits per heavy atom. The van der Waals surface area contributed by atoms with Crippen LogP contribution >= 0.6 is 0 Å². The number of piperidine rings is 1.